The Bertz CT molecular complexity index is 1040. The predicted molar refractivity (Wildman–Crippen MR) is 93.7 cm³/mol. The van der Waals surface area contributed by atoms with Crippen molar-refractivity contribution in [1.29, 1.82) is 0 Å². The van der Waals surface area contributed by atoms with Gasteiger partial charge in [0.2, 0.25) is 10.9 Å². The standard InChI is InChI=1S/C17H13ClN6O/c1-9-7-12(11-3-5-19-6-4-11)8-10(2)14(9)25-16-13-15(23-24-22-13)20-17(18)21-16/h3-8H,1-2H3,(H,20,21,22,23,24). The molecule has 0 aliphatic rings. The summed E-state index contributed by atoms with van der Waals surface area (Å²) in [5.41, 5.74) is 5.00. The second kappa shape index (κ2) is 6.10. The summed E-state index contributed by atoms with van der Waals surface area (Å²) in [5.74, 6) is 1.01. The van der Waals surface area contributed by atoms with E-state index in [4.69, 9.17) is 16.3 Å². The van der Waals surface area contributed by atoms with Gasteiger partial charge in [-0.25, -0.2) is 0 Å². The molecule has 0 amide bonds. The number of hydrogen-bond acceptors (Lipinski definition) is 6. The van der Waals surface area contributed by atoms with Gasteiger partial charge in [-0.05, 0) is 72.0 Å². The van der Waals surface area contributed by atoms with Crippen LogP contribution in [0.1, 0.15) is 11.1 Å². The van der Waals surface area contributed by atoms with Gasteiger partial charge in [0.05, 0.1) is 0 Å². The van der Waals surface area contributed by atoms with Crippen LogP contribution in [-0.2, 0) is 0 Å². The Hall–Kier alpha value is -3.06. The van der Waals surface area contributed by atoms with Crippen LogP contribution >= 0.6 is 11.6 Å². The summed E-state index contributed by atoms with van der Waals surface area (Å²) in [5, 5.41) is 10.4. The van der Waals surface area contributed by atoms with Gasteiger partial charge in [0.15, 0.2) is 5.52 Å². The number of ether oxygens (including phenoxy) is 1. The molecule has 0 radical (unpaired) electrons. The minimum Gasteiger partial charge on any atom is -0.436 e. The maximum atomic E-state index is 6.02. The van der Waals surface area contributed by atoms with Crippen LogP contribution in [0.2, 0.25) is 5.28 Å². The van der Waals surface area contributed by atoms with E-state index >= 15 is 0 Å². The summed E-state index contributed by atoms with van der Waals surface area (Å²) in [6, 6.07) is 8.06. The number of aryl methyl sites for hydroxylation is 2. The molecule has 8 heteroatoms. The molecule has 0 atom stereocenters. The highest BCUT2D eigenvalue weighted by atomic mass is 35.5. The highest BCUT2D eigenvalue weighted by molar-refractivity contribution is 6.28. The van der Waals surface area contributed by atoms with Crippen LogP contribution in [0.4, 0.5) is 0 Å². The number of rotatable bonds is 3. The van der Waals surface area contributed by atoms with E-state index in [-0.39, 0.29) is 5.28 Å². The molecule has 4 rings (SSSR count). The Morgan fingerprint density at radius 3 is 2.44 bits per heavy atom. The minimum atomic E-state index is 0.0557. The number of hydrogen-bond donors (Lipinski definition) is 1. The van der Waals surface area contributed by atoms with Gasteiger partial charge in [-0.1, -0.05) is 5.21 Å². The second-order valence-corrected chi connectivity index (χ2v) is 5.92. The fourth-order valence-corrected chi connectivity index (χ4v) is 2.85. The van der Waals surface area contributed by atoms with Gasteiger partial charge in [-0.15, -0.1) is 5.10 Å². The third-order valence-corrected chi connectivity index (χ3v) is 3.98. The van der Waals surface area contributed by atoms with Crippen molar-refractivity contribution < 1.29 is 4.74 Å². The van der Waals surface area contributed by atoms with Crippen LogP contribution in [0.3, 0.4) is 0 Å². The van der Waals surface area contributed by atoms with Gasteiger partial charge in [0.1, 0.15) is 5.75 Å². The number of halogens is 1. The summed E-state index contributed by atoms with van der Waals surface area (Å²) in [6.45, 7) is 3.97. The number of pyridine rings is 1. The average molecular weight is 353 g/mol. The number of H-pyrrole nitrogens is 1. The molecule has 0 spiro atoms. The fraction of sp³-hybridized carbons (Fsp3) is 0.118. The maximum Gasteiger partial charge on any atom is 0.251 e. The van der Waals surface area contributed by atoms with Gasteiger partial charge in [0.25, 0.3) is 5.88 Å². The monoisotopic (exact) mass is 352 g/mol. The van der Waals surface area contributed by atoms with Gasteiger partial charge in [-0.2, -0.15) is 9.97 Å². The molecule has 0 saturated carbocycles. The van der Waals surface area contributed by atoms with Crippen molar-refractivity contribution in [3.63, 3.8) is 0 Å². The molecule has 0 unspecified atom stereocenters. The van der Waals surface area contributed by atoms with Crippen molar-refractivity contribution in [2.75, 3.05) is 0 Å². The Morgan fingerprint density at radius 2 is 1.72 bits per heavy atom. The molecular weight excluding hydrogens is 340 g/mol. The van der Waals surface area contributed by atoms with E-state index in [0.717, 1.165) is 22.3 Å². The molecule has 0 saturated heterocycles. The van der Waals surface area contributed by atoms with Crippen LogP contribution in [0.5, 0.6) is 11.6 Å². The molecule has 0 bridgehead atoms. The van der Waals surface area contributed by atoms with Crippen LogP contribution in [-0.4, -0.2) is 30.4 Å². The predicted octanol–water partition coefficient (Wildman–Crippen LogP) is 3.87. The lowest BCUT2D eigenvalue weighted by Crippen LogP contribution is -1.97. The largest absolute Gasteiger partial charge is 0.436 e. The third-order valence-electron chi connectivity index (χ3n) is 3.81. The van der Waals surface area contributed by atoms with Gasteiger partial charge in [0, 0.05) is 12.4 Å². The van der Waals surface area contributed by atoms with Gasteiger partial charge >= 0.3 is 0 Å². The zero-order valence-corrected chi connectivity index (χ0v) is 14.2. The molecule has 4 aromatic rings. The van der Waals surface area contributed by atoms with E-state index < -0.39 is 0 Å². The lowest BCUT2D eigenvalue weighted by molar-refractivity contribution is 0.460. The number of benzene rings is 1. The van der Waals surface area contributed by atoms with Crippen molar-refractivity contribution >= 4 is 22.8 Å². The summed E-state index contributed by atoms with van der Waals surface area (Å²) in [4.78, 5) is 12.2. The van der Waals surface area contributed by atoms with Gasteiger partial charge in [-0.3, -0.25) is 10.1 Å². The van der Waals surface area contributed by atoms with Crippen molar-refractivity contribution in [1.82, 2.24) is 30.4 Å². The molecule has 7 nitrogen and oxygen atoms in total. The van der Waals surface area contributed by atoms with Crippen molar-refractivity contribution in [3.8, 4) is 22.8 Å². The lowest BCUT2D eigenvalue weighted by atomic mass is 10.0. The molecule has 1 aromatic carbocycles. The minimum absolute atomic E-state index is 0.0557. The first-order valence-electron chi connectivity index (χ1n) is 7.55. The first-order valence-corrected chi connectivity index (χ1v) is 7.93. The maximum absolute atomic E-state index is 6.02. The molecule has 25 heavy (non-hydrogen) atoms. The van der Waals surface area contributed by atoms with Crippen LogP contribution in [0, 0.1) is 13.8 Å². The third kappa shape index (κ3) is 2.89. The lowest BCUT2D eigenvalue weighted by Gasteiger charge is -2.13. The molecule has 0 aliphatic carbocycles. The zero-order chi connectivity index (χ0) is 17.4. The number of aromatic nitrogens is 6. The number of fused-ring (bicyclic) bond motifs is 1. The molecule has 0 aliphatic heterocycles. The summed E-state index contributed by atoms with van der Waals surface area (Å²) >= 11 is 5.94. The first kappa shape index (κ1) is 15.5. The smallest absolute Gasteiger partial charge is 0.251 e. The van der Waals surface area contributed by atoms with E-state index in [1.807, 2.05) is 26.0 Å². The van der Waals surface area contributed by atoms with Crippen molar-refractivity contribution in [2.24, 2.45) is 0 Å². The second-order valence-electron chi connectivity index (χ2n) is 5.59. The van der Waals surface area contributed by atoms with Crippen LogP contribution in [0.25, 0.3) is 22.3 Å². The molecule has 124 valence electrons. The van der Waals surface area contributed by atoms with E-state index in [9.17, 15) is 0 Å². The highest BCUT2D eigenvalue weighted by Gasteiger charge is 2.15. The quantitative estimate of drug-likeness (QED) is 0.563. The number of nitrogens with one attached hydrogen (secondary N) is 1. The molecule has 3 heterocycles. The topological polar surface area (TPSA) is 89.5 Å². The Kier molecular flexibility index (Phi) is 3.77. The average Bonchev–Trinajstić information content (AvgIpc) is 3.07. The summed E-state index contributed by atoms with van der Waals surface area (Å²) in [6.07, 6.45) is 3.55. The van der Waals surface area contributed by atoms with Crippen LogP contribution < -0.4 is 4.74 Å². The molecule has 3 aromatic heterocycles. The SMILES string of the molecule is Cc1cc(-c2ccncc2)cc(C)c1Oc1nc(Cl)nc2nn[nH]c12. The zero-order valence-electron chi connectivity index (χ0n) is 13.5. The number of aromatic amines is 1. The van der Waals surface area contributed by atoms with Crippen molar-refractivity contribution in [2.45, 2.75) is 13.8 Å². The molecular formula is C17H13ClN6O. The molecule has 0 fully saturated rings. The molecule has 1 N–H and O–H groups in total. The Morgan fingerprint density at radius 1 is 1.00 bits per heavy atom. The normalized spacial score (nSPS) is 11.0. The summed E-state index contributed by atoms with van der Waals surface area (Å²) < 4.78 is 6.02. The number of nitrogens with zero attached hydrogens (tertiary/aromatic N) is 5. The summed E-state index contributed by atoms with van der Waals surface area (Å²) in [7, 11) is 0. The Balaban J connectivity index is 1.77. The van der Waals surface area contributed by atoms with Crippen LogP contribution in [0.15, 0.2) is 36.7 Å². The highest BCUT2D eigenvalue weighted by Crippen LogP contribution is 2.34. The first-order chi connectivity index (χ1) is 12.1. The van der Waals surface area contributed by atoms with E-state index in [1.54, 1.807) is 12.4 Å². The Labute approximate surface area is 148 Å². The fourth-order valence-electron chi connectivity index (χ4n) is 2.69. The van der Waals surface area contributed by atoms with E-state index in [2.05, 4.69) is 42.5 Å². The van der Waals surface area contributed by atoms with Gasteiger partial charge < -0.3 is 4.74 Å². The van der Waals surface area contributed by atoms with E-state index in [1.165, 1.54) is 0 Å². The van der Waals surface area contributed by atoms with Crippen molar-refractivity contribution in [3.05, 3.63) is 53.1 Å². The van der Waals surface area contributed by atoms with E-state index in [0.29, 0.717) is 22.8 Å².